The molecule has 4 heteroatoms. The molecule has 1 aromatic heterocycles. The molecule has 0 unspecified atom stereocenters. The second-order valence-electron chi connectivity index (χ2n) is 5.35. The Labute approximate surface area is 130 Å². The molecule has 0 saturated heterocycles. The van der Waals surface area contributed by atoms with Crippen LogP contribution in [0.15, 0.2) is 54.9 Å². The van der Waals surface area contributed by atoms with E-state index >= 15 is 0 Å². The number of aromatic nitrogens is 2. The van der Waals surface area contributed by atoms with Crippen molar-refractivity contribution in [3.8, 4) is 5.75 Å². The van der Waals surface area contributed by atoms with Crippen LogP contribution in [-0.4, -0.2) is 23.4 Å². The van der Waals surface area contributed by atoms with Crippen molar-refractivity contribution in [2.75, 3.05) is 13.7 Å². The molecule has 4 nitrogen and oxygen atoms in total. The van der Waals surface area contributed by atoms with E-state index in [2.05, 4.69) is 40.7 Å². The number of fused-ring (bicyclic) bond motifs is 1. The zero-order valence-electron chi connectivity index (χ0n) is 12.8. The molecule has 0 radical (unpaired) electrons. The van der Waals surface area contributed by atoms with Crippen molar-refractivity contribution in [1.82, 2.24) is 15.1 Å². The predicted octanol–water partition coefficient (Wildman–Crippen LogP) is 3.22. The van der Waals surface area contributed by atoms with Crippen LogP contribution in [0.1, 0.15) is 12.0 Å². The maximum absolute atomic E-state index is 5.26. The molecule has 22 heavy (non-hydrogen) atoms. The summed E-state index contributed by atoms with van der Waals surface area (Å²) in [5.41, 5.74) is 1.30. The third-order valence-electron chi connectivity index (χ3n) is 3.74. The van der Waals surface area contributed by atoms with Crippen LogP contribution >= 0.6 is 0 Å². The molecule has 0 atom stereocenters. The van der Waals surface area contributed by atoms with E-state index in [1.54, 1.807) is 7.11 Å². The molecule has 0 spiro atoms. The first-order valence-corrected chi connectivity index (χ1v) is 7.60. The summed E-state index contributed by atoms with van der Waals surface area (Å²) in [5.74, 6) is 0.900. The van der Waals surface area contributed by atoms with Crippen LogP contribution in [0.5, 0.6) is 5.75 Å². The molecule has 0 aliphatic rings. The molecule has 1 N–H and O–H groups in total. The van der Waals surface area contributed by atoms with Gasteiger partial charge in [-0.2, -0.15) is 5.10 Å². The Kier molecular flexibility index (Phi) is 4.71. The molecule has 0 fully saturated rings. The number of hydrogen-bond donors (Lipinski definition) is 1. The lowest BCUT2D eigenvalue weighted by atomic mass is 10.1. The minimum atomic E-state index is 0.890. The van der Waals surface area contributed by atoms with Gasteiger partial charge < -0.3 is 10.1 Å². The van der Waals surface area contributed by atoms with Crippen molar-refractivity contribution < 1.29 is 4.74 Å². The van der Waals surface area contributed by atoms with Gasteiger partial charge in [0.25, 0.3) is 0 Å². The molecular formula is C18H21N3O. The molecule has 3 rings (SSSR count). The van der Waals surface area contributed by atoms with E-state index in [0.29, 0.717) is 0 Å². The summed E-state index contributed by atoms with van der Waals surface area (Å²) in [5, 5.41) is 10.1. The summed E-state index contributed by atoms with van der Waals surface area (Å²) in [6.45, 7) is 2.83. The van der Waals surface area contributed by atoms with Gasteiger partial charge >= 0.3 is 0 Å². The lowest BCUT2D eigenvalue weighted by molar-refractivity contribution is 0.415. The van der Waals surface area contributed by atoms with E-state index in [4.69, 9.17) is 4.74 Å². The van der Waals surface area contributed by atoms with Crippen LogP contribution in [-0.2, 0) is 13.1 Å². The Bertz CT molecular complexity index is 722. The fourth-order valence-electron chi connectivity index (χ4n) is 2.54. The fraction of sp³-hybridized carbons (Fsp3) is 0.278. The Morgan fingerprint density at radius 1 is 1.14 bits per heavy atom. The summed E-state index contributed by atoms with van der Waals surface area (Å²) in [6, 6.07) is 14.7. The van der Waals surface area contributed by atoms with Gasteiger partial charge in [-0.05, 0) is 53.6 Å². The first kappa shape index (κ1) is 14.6. The highest BCUT2D eigenvalue weighted by Gasteiger charge is 1.99. The zero-order valence-corrected chi connectivity index (χ0v) is 12.8. The quantitative estimate of drug-likeness (QED) is 0.680. The number of nitrogens with one attached hydrogen (secondary N) is 1. The molecule has 2 aromatic carbocycles. The zero-order chi connectivity index (χ0) is 15.2. The normalized spacial score (nSPS) is 11.0. The number of benzene rings is 2. The topological polar surface area (TPSA) is 39.1 Å². The fourth-order valence-corrected chi connectivity index (χ4v) is 2.54. The number of rotatable bonds is 7. The number of methoxy groups -OCH3 is 1. The van der Waals surface area contributed by atoms with Crippen LogP contribution < -0.4 is 10.1 Å². The van der Waals surface area contributed by atoms with E-state index in [0.717, 1.165) is 31.8 Å². The van der Waals surface area contributed by atoms with E-state index in [1.165, 1.54) is 16.3 Å². The largest absolute Gasteiger partial charge is 0.497 e. The van der Waals surface area contributed by atoms with Gasteiger partial charge in [0, 0.05) is 25.5 Å². The van der Waals surface area contributed by atoms with Crippen LogP contribution in [0.4, 0.5) is 0 Å². The summed E-state index contributed by atoms with van der Waals surface area (Å²) < 4.78 is 7.22. The monoisotopic (exact) mass is 295 g/mol. The van der Waals surface area contributed by atoms with Gasteiger partial charge in [0.2, 0.25) is 0 Å². The molecule has 0 aliphatic carbocycles. The van der Waals surface area contributed by atoms with Crippen LogP contribution in [0.25, 0.3) is 10.8 Å². The van der Waals surface area contributed by atoms with Crippen molar-refractivity contribution in [1.29, 1.82) is 0 Å². The van der Waals surface area contributed by atoms with Gasteiger partial charge in [-0.1, -0.05) is 18.2 Å². The maximum Gasteiger partial charge on any atom is 0.119 e. The molecule has 0 saturated carbocycles. The van der Waals surface area contributed by atoms with Crippen molar-refractivity contribution in [3.63, 3.8) is 0 Å². The van der Waals surface area contributed by atoms with Gasteiger partial charge in [-0.25, -0.2) is 0 Å². The van der Waals surface area contributed by atoms with Crippen LogP contribution in [0, 0.1) is 0 Å². The summed E-state index contributed by atoms with van der Waals surface area (Å²) in [4.78, 5) is 0. The summed E-state index contributed by atoms with van der Waals surface area (Å²) in [6.07, 6.45) is 4.89. The molecule has 0 aliphatic heterocycles. The first-order chi connectivity index (χ1) is 10.8. The maximum atomic E-state index is 5.26. The Morgan fingerprint density at radius 3 is 2.82 bits per heavy atom. The highest BCUT2D eigenvalue weighted by atomic mass is 16.5. The van der Waals surface area contributed by atoms with Crippen molar-refractivity contribution in [2.24, 2.45) is 0 Å². The SMILES string of the molecule is COc1ccc2cc(CNCCCn3cccn3)ccc2c1. The third-order valence-corrected chi connectivity index (χ3v) is 3.74. The molecule has 1 heterocycles. The Morgan fingerprint density at radius 2 is 2.00 bits per heavy atom. The van der Waals surface area contributed by atoms with Gasteiger partial charge in [-0.3, -0.25) is 4.68 Å². The van der Waals surface area contributed by atoms with Crippen molar-refractivity contribution in [2.45, 2.75) is 19.5 Å². The number of aryl methyl sites for hydroxylation is 1. The van der Waals surface area contributed by atoms with Gasteiger partial charge in [0.15, 0.2) is 0 Å². The highest BCUT2D eigenvalue weighted by molar-refractivity contribution is 5.84. The lowest BCUT2D eigenvalue weighted by Crippen LogP contribution is -2.16. The second kappa shape index (κ2) is 7.09. The average molecular weight is 295 g/mol. The Balaban J connectivity index is 1.51. The van der Waals surface area contributed by atoms with Crippen LogP contribution in [0.2, 0.25) is 0 Å². The molecule has 114 valence electrons. The van der Waals surface area contributed by atoms with Gasteiger partial charge in [0.05, 0.1) is 7.11 Å². The lowest BCUT2D eigenvalue weighted by Gasteiger charge is -2.07. The van der Waals surface area contributed by atoms with Crippen LogP contribution in [0.3, 0.4) is 0 Å². The first-order valence-electron chi connectivity index (χ1n) is 7.60. The molecule has 0 bridgehead atoms. The number of hydrogen-bond acceptors (Lipinski definition) is 3. The minimum Gasteiger partial charge on any atom is -0.497 e. The van der Waals surface area contributed by atoms with E-state index < -0.39 is 0 Å². The average Bonchev–Trinajstić information content (AvgIpc) is 3.07. The van der Waals surface area contributed by atoms with E-state index in [-0.39, 0.29) is 0 Å². The molecule has 0 amide bonds. The number of ether oxygens (including phenoxy) is 1. The van der Waals surface area contributed by atoms with E-state index in [9.17, 15) is 0 Å². The second-order valence-corrected chi connectivity index (χ2v) is 5.35. The standard InChI is InChI=1S/C18H21N3O/c1-22-18-7-6-16-12-15(4-5-17(16)13-18)14-19-8-2-10-21-11-3-9-20-21/h3-7,9,11-13,19H,2,8,10,14H2,1H3. The van der Waals surface area contributed by atoms with Crippen molar-refractivity contribution >= 4 is 10.8 Å². The van der Waals surface area contributed by atoms with Gasteiger partial charge in [0.1, 0.15) is 5.75 Å². The Hall–Kier alpha value is -2.33. The highest BCUT2D eigenvalue weighted by Crippen LogP contribution is 2.21. The van der Waals surface area contributed by atoms with Gasteiger partial charge in [-0.15, -0.1) is 0 Å². The smallest absolute Gasteiger partial charge is 0.119 e. The molecule has 3 aromatic rings. The third kappa shape index (κ3) is 3.65. The van der Waals surface area contributed by atoms with Crippen molar-refractivity contribution in [3.05, 3.63) is 60.4 Å². The summed E-state index contributed by atoms with van der Waals surface area (Å²) in [7, 11) is 1.70. The minimum absolute atomic E-state index is 0.890. The number of nitrogens with zero attached hydrogens (tertiary/aromatic N) is 2. The summed E-state index contributed by atoms with van der Waals surface area (Å²) >= 11 is 0. The van der Waals surface area contributed by atoms with E-state index in [1.807, 2.05) is 29.2 Å². The predicted molar refractivity (Wildman–Crippen MR) is 89.1 cm³/mol. The molecular weight excluding hydrogens is 274 g/mol.